The topological polar surface area (TPSA) is 79.8 Å². The van der Waals surface area contributed by atoms with E-state index in [9.17, 15) is 9.59 Å². The van der Waals surface area contributed by atoms with Gasteiger partial charge in [0, 0.05) is 17.4 Å². The average Bonchev–Trinajstić information content (AvgIpc) is 3.15. The highest BCUT2D eigenvalue weighted by molar-refractivity contribution is 7.99. The number of aromatic amines is 1. The van der Waals surface area contributed by atoms with Crippen LogP contribution in [0.5, 0.6) is 0 Å². The molecule has 7 heteroatoms. The van der Waals surface area contributed by atoms with Crippen LogP contribution in [0, 0.1) is 0 Å². The Hall–Kier alpha value is -3.06. The Labute approximate surface area is 178 Å². The van der Waals surface area contributed by atoms with E-state index in [1.54, 1.807) is 4.57 Å². The number of hydrogen-bond donors (Lipinski definition) is 2. The van der Waals surface area contributed by atoms with Crippen LogP contribution >= 0.6 is 11.8 Å². The van der Waals surface area contributed by atoms with Crippen molar-refractivity contribution in [2.75, 3.05) is 12.3 Å². The molecule has 1 amide bonds. The fourth-order valence-electron chi connectivity index (χ4n) is 3.43. The molecule has 0 saturated carbocycles. The van der Waals surface area contributed by atoms with Gasteiger partial charge in [0.15, 0.2) is 5.16 Å². The number of unbranched alkanes of at least 4 members (excludes halogenated alkanes) is 2. The highest BCUT2D eigenvalue weighted by atomic mass is 32.2. The summed E-state index contributed by atoms with van der Waals surface area (Å²) in [6.07, 6.45) is 3.18. The van der Waals surface area contributed by atoms with E-state index in [0.717, 1.165) is 35.9 Å². The van der Waals surface area contributed by atoms with E-state index < -0.39 is 0 Å². The Morgan fingerprint density at radius 3 is 2.67 bits per heavy atom. The van der Waals surface area contributed by atoms with Crippen molar-refractivity contribution in [3.8, 4) is 5.69 Å². The molecule has 0 fully saturated rings. The lowest BCUT2D eigenvalue weighted by molar-refractivity contribution is -0.118. The molecular formula is C23H24N4O2S. The third kappa shape index (κ3) is 4.11. The van der Waals surface area contributed by atoms with Gasteiger partial charge >= 0.3 is 0 Å². The summed E-state index contributed by atoms with van der Waals surface area (Å²) in [6.45, 7) is 2.81. The number of amides is 1. The van der Waals surface area contributed by atoms with Crippen LogP contribution in [-0.2, 0) is 4.79 Å². The largest absolute Gasteiger partial charge is 0.355 e. The molecule has 4 aromatic rings. The van der Waals surface area contributed by atoms with Crippen LogP contribution in [0.4, 0.5) is 0 Å². The molecule has 0 saturated heterocycles. The number of aromatic nitrogens is 3. The van der Waals surface area contributed by atoms with E-state index in [0.29, 0.717) is 22.7 Å². The summed E-state index contributed by atoms with van der Waals surface area (Å²) in [5, 5.41) is 4.35. The van der Waals surface area contributed by atoms with Gasteiger partial charge in [0.25, 0.3) is 5.56 Å². The first-order chi connectivity index (χ1) is 14.7. The number of carbonyl (C=O) groups excluding carboxylic acids is 1. The molecule has 0 atom stereocenters. The molecule has 0 aliphatic rings. The van der Waals surface area contributed by atoms with Gasteiger partial charge in [0.2, 0.25) is 5.91 Å². The van der Waals surface area contributed by atoms with E-state index in [4.69, 9.17) is 4.98 Å². The summed E-state index contributed by atoms with van der Waals surface area (Å²) in [7, 11) is 0. The van der Waals surface area contributed by atoms with Crippen molar-refractivity contribution in [3.05, 3.63) is 65.0 Å². The first kappa shape index (κ1) is 20.2. The van der Waals surface area contributed by atoms with Gasteiger partial charge in [-0.05, 0) is 24.6 Å². The van der Waals surface area contributed by atoms with Gasteiger partial charge < -0.3 is 10.3 Å². The Bertz CT molecular complexity index is 1230. The highest BCUT2D eigenvalue weighted by Gasteiger charge is 2.17. The quantitative estimate of drug-likeness (QED) is 0.253. The lowest BCUT2D eigenvalue weighted by Gasteiger charge is -2.12. The van der Waals surface area contributed by atoms with Crippen molar-refractivity contribution in [2.45, 2.75) is 31.3 Å². The molecule has 0 bridgehead atoms. The lowest BCUT2D eigenvalue weighted by Crippen LogP contribution is -2.27. The number of H-pyrrole nitrogens is 1. The standard InChI is InChI=1S/C23H24N4O2S/c1-2-3-9-14-24-19(28)15-30-23-26-20-17-12-7-8-13-18(17)25-21(20)22(29)27(23)16-10-5-4-6-11-16/h4-8,10-13,25H,2-3,9,14-15H2,1H3,(H,24,28). The summed E-state index contributed by atoms with van der Waals surface area (Å²) in [6, 6.07) is 17.1. The van der Waals surface area contributed by atoms with Crippen LogP contribution in [0.1, 0.15) is 26.2 Å². The number of nitrogens with one attached hydrogen (secondary N) is 2. The molecule has 0 spiro atoms. The van der Waals surface area contributed by atoms with Crippen molar-refractivity contribution < 1.29 is 4.79 Å². The highest BCUT2D eigenvalue weighted by Crippen LogP contribution is 2.26. The van der Waals surface area contributed by atoms with Gasteiger partial charge in [-0.25, -0.2) is 4.98 Å². The summed E-state index contributed by atoms with van der Waals surface area (Å²) < 4.78 is 1.58. The number of hydrogen-bond acceptors (Lipinski definition) is 4. The van der Waals surface area contributed by atoms with Crippen molar-refractivity contribution in [3.63, 3.8) is 0 Å². The van der Waals surface area contributed by atoms with Gasteiger partial charge in [0.1, 0.15) is 11.0 Å². The molecule has 0 unspecified atom stereocenters. The first-order valence-corrected chi connectivity index (χ1v) is 11.2. The van der Waals surface area contributed by atoms with E-state index in [1.165, 1.54) is 11.8 Å². The maximum Gasteiger partial charge on any atom is 0.283 e. The van der Waals surface area contributed by atoms with Gasteiger partial charge in [-0.3, -0.25) is 14.2 Å². The number of nitrogens with zero attached hydrogens (tertiary/aromatic N) is 2. The van der Waals surface area contributed by atoms with E-state index in [2.05, 4.69) is 17.2 Å². The minimum atomic E-state index is -0.173. The Kier molecular flexibility index (Phi) is 6.18. The van der Waals surface area contributed by atoms with E-state index in [1.807, 2.05) is 54.6 Å². The van der Waals surface area contributed by atoms with Gasteiger partial charge in [-0.2, -0.15) is 0 Å². The second-order valence-corrected chi connectivity index (χ2v) is 8.05. The second kappa shape index (κ2) is 9.17. The molecule has 154 valence electrons. The molecule has 6 nitrogen and oxygen atoms in total. The molecule has 2 heterocycles. The summed E-state index contributed by atoms with van der Waals surface area (Å²) in [4.78, 5) is 33.7. The molecule has 0 aliphatic heterocycles. The number of carbonyl (C=O) groups is 1. The fourth-order valence-corrected chi connectivity index (χ4v) is 4.26. The summed E-state index contributed by atoms with van der Waals surface area (Å²) in [5.74, 6) is 0.156. The van der Waals surface area contributed by atoms with Gasteiger partial charge in [0.05, 0.1) is 11.4 Å². The van der Waals surface area contributed by atoms with Crippen LogP contribution in [0.3, 0.4) is 0 Å². The Morgan fingerprint density at radius 1 is 1.10 bits per heavy atom. The zero-order chi connectivity index (χ0) is 20.9. The molecule has 30 heavy (non-hydrogen) atoms. The van der Waals surface area contributed by atoms with Crippen LogP contribution in [0.2, 0.25) is 0 Å². The minimum Gasteiger partial charge on any atom is -0.355 e. The fraction of sp³-hybridized carbons (Fsp3) is 0.261. The third-order valence-electron chi connectivity index (χ3n) is 4.94. The van der Waals surface area contributed by atoms with Crippen molar-refractivity contribution >= 4 is 39.6 Å². The Balaban J connectivity index is 1.72. The van der Waals surface area contributed by atoms with Crippen molar-refractivity contribution in [1.29, 1.82) is 0 Å². The lowest BCUT2D eigenvalue weighted by atomic mass is 10.2. The number of benzene rings is 2. The zero-order valence-electron chi connectivity index (χ0n) is 16.9. The summed E-state index contributed by atoms with van der Waals surface area (Å²) in [5.41, 5.74) is 2.52. The summed E-state index contributed by atoms with van der Waals surface area (Å²) >= 11 is 1.28. The number of para-hydroxylation sites is 2. The molecule has 2 N–H and O–H groups in total. The number of thioether (sulfide) groups is 1. The third-order valence-corrected chi connectivity index (χ3v) is 5.88. The maximum absolute atomic E-state index is 13.4. The maximum atomic E-state index is 13.4. The second-order valence-electron chi connectivity index (χ2n) is 7.11. The number of rotatable bonds is 8. The molecule has 0 aliphatic carbocycles. The SMILES string of the molecule is CCCCCNC(=O)CSc1nc2c([nH]c3ccccc32)c(=O)n1-c1ccccc1. The molecule has 2 aromatic carbocycles. The van der Waals surface area contributed by atoms with Crippen LogP contribution < -0.4 is 10.9 Å². The average molecular weight is 421 g/mol. The first-order valence-electron chi connectivity index (χ1n) is 10.2. The van der Waals surface area contributed by atoms with Gasteiger partial charge in [-0.1, -0.05) is 67.9 Å². The van der Waals surface area contributed by atoms with E-state index in [-0.39, 0.29) is 17.2 Å². The van der Waals surface area contributed by atoms with Crippen molar-refractivity contribution in [2.24, 2.45) is 0 Å². The van der Waals surface area contributed by atoms with Crippen LogP contribution in [0.25, 0.3) is 27.6 Å². The van der Waals surface area contributed by atoms with Crippen LogP contribution in [-0.4, -0.2) is 32.7 Å². The van der Waals surface area contributed by atoms with Gasteiger partial charge in [-0.15, -0.1) is 0 Å². The molecular weight excluding hydrogens is 396 g/mol. The predicted molar refractivity (Wildman–Crippen MR) is 122 cm³/mol. The Morgan fingerprint density at radius 2 is 1.87 bits per heavy atom. The molecule has 4 rings (SSSR count). The van der Waals surface area contributed by atoms with Crippen molar-refractivity contribution in [1.82, 2.24) is 19.9 Å². The predicted octanol–water partition coefficient (Wildman–Crippen LogP) is 4.27. The van der Waals surface area contributed by atoms with Crippen LogP contribution in [0.15, 0.2) is 64.5 Å². The smallest absolute Gasteiger partial charge is 0.283 e. The number of fused-ring (bicyclic) bond motifs is 3. The monoisotopic (exact) mass is 420 g/mol. The normalized spacial score (nSPS) is 11.2. The molecule has 2 aromatic heterocycles. The molecule has 0 radical (unpaired) electrons. The zero-order valence-corrected chi connectivity index (χ0v) is 17.7. The minimum absolute atomic E-state index is 0.0519. The van der Waals surface area contributed by atoms with E-state index >= 15 is 0 Å².